The summed E-state index contributed by atoms with van der Waals surface area (Å²) in [5.41, 5.74) is -1.00. The number of aliphatic hydroxyl groups excluding tert-OH is 1. The highest BCUT2D eigenvalue weighted by Crippen LogP contribution is 2.41. The van der Waals surface area contributed by atoms with Gasteiger partial charge in [0.05, 0.1) is 38.0 Å². The van der Waals surface area contributed by atoms with Crippen LogP contribution in [0, 0.1) is 12.3 Å². The minimum Gasteiger partial charge on any atom is -0.486 e. The number of methoxy groups -OCH3 is 2. The van der Waals surface area contributed by atoms with Crippen LogP contribution in [0.5, 0.6) is 5.75 Å². The van der Waals surface area contributed by atoms with Crippen molar-refractivity contribution in [3.05, 3.63) is 52.5 Å². The van der Waals surface area contributed by atoms with Crippen LogP contribution in [0.4, 0.5) is 5.69 Å². The molecule has 2 aromatic rings. The number of carbonyl (C=O) groups is 2. The molecule has 3 rings (SSSR count). The number of sulfonamides is 1. The van der Waals surface area contributed by atoms with Crippen molar-refractivity contribution in [2.24, 2.45) is 5.41 Å². The Morgan fingerprint density at radius 3 is 2.42 bits per heavy atom. The molecule has 33 heavy (non-hydrogen) atoms. The summed E-state index contributed by atoms with van der Waals surface area (Å²) in [6, 6.07) is 11.4. The summed E-state index contributed by atoms with van der Waals surface area (Å²) in [4.78, 5) is 25.1. The molecule has 0 unspecified atom stereocenters. The Hall–Kier alpha value is -2.63. The molecular weight excluding hydrogens is 518 g/mol. The van der Waals surface area contributed by atoms with Crippen LogP contribution in [0.15, 0.2) is 51.8 Å². The molecule has 178 valence electrons. The number of rotatable bonds is 7. The molecule has 0 saturated heterocycles. The van der Waals surface area contributed by atoms with Gasteiger partial charge in [0.25, 0.3) is 10.0 Å². The van der Waals surface area contributed by atoms with Crippen molar-refractivity contribution in [1.82, 2.24) is 0 Å². The van der Waals surface area contributed by atoms with Gasteiger partial charge in [0.1, 0.15) is 11.9 Å². The molecule has 11 heteroatoms. The van der Waals surface area contributed by atoms with Crippen LogP contribution in [-0.4, -0.2) is 58.9 Å². The summed E-state index contributed by atoms with van der Waals surface area (Å²) < 4.78 is 44.5. The normalized spacial score (nSPS) is 15.9. The Bertz CT molecular complexity index is 1150. The van der Waals surface area contributed by atoms with Crippen molar-refractivity contribution < 1.29 is 37.3 Å². The number of hydrogen-bond donors (Lipinski definition) is 1. The molecule has 1 N–H and O–H groups in total. The summed E-state index contributed by atoms with van der Waals surface area (Å²) in [7, 11) is -1.86. The Kier molecular flexibility index (Phi) is 7.35. The van der Waals surface area contributed by atoms with Gasteiger partial charge in [-0.15, -0.1) is 0 Å². The summed E-state index contributed by atoms with van der Waals surface area (Å²) in [5, 5.41) is 9.98. The largest absolute Gasteiger partial charge is 0.486 e. The molecule has 9 nitrogen and oxygen atoms in total. The number of carbonyl (C=O) groups excluding carboxylic acids is 2. The molecular formula is C22H24BrNO8S. The third-order valence-corrected chi connectivity index (χ3v) is 7.70. The van der Waals surface area contributed by atoms with Crippen LogP contribution in [0.3, 0.4) is 0 Å². The lowest BCUT2D eigenvalue weighted by atomic mass is 9.82. The van der Waals surface area contributed by atoms with E-state index in [1.54, 1.807) is 43.3 Å². The predicted molar refractivity (Wildman–Crippen MR) is 122 cm³/mol. The first-order valence-corrected chi connectivity index (χ1v) is 12.2. The Labute approximate surface area is 200 Å². The zero-order valence-corrected chi connectivity index (χ0v) is 20.7. The predicted octanol–water partition coefficient (Wildman–Crippen LogP) is 2.43. The maximum atomic E-state index is 13.6. The van der Waals surface area contributed by atoms with E-state index in [1.807, 2.05) is 0 Å². The fourth-order valence-electron chi connectivity index (χ4n) is 3.75. The van der Waals surface area contributed by atoms with Crippen molar-refractivity contribution in [2.75, 3.05) is 31.7 Å². The van der Waals surface area contributed by atoms with E-state index in [2.05, 4.69) is 15.9 Å². The number of halogens is 1. The fourth-order valence-corrected chi connectivity index (χ4v) is 5.70. The van der Waals surface area contributed by atoms with E-state index in [9.17, 15) is 23.1 Å². The van der Waals surface area contributed by atoms with E-state index in [0.29, 0.717) is 10.2 Å². The molecule has 0 radical (unpaired) electrons. The fraction of sp³-hybridized carbons (Fsp3) is 0.364. The average molecular weight is 542 g/mol. The second-order valence-electron chi connectivity index (χ2n) is 7.63. The lowest BCUT2D eigenvalue weighted by Gasteiger charge is -2.38. The lowest BCUT2D eigenvalue weighted by Crippen LogP contribution is -2.51. The van der Waals surface area contributed by atoms with Crippen molar-refractivity contribution in [1.29, 1.82) is 0 Å². The first-order valence-electron chi connectivity index (χ1n) is 9.92. The van der Waals surface area contributed by atoms with Gasteiger partial charge in [-0.05, 0) is 42.8 Å². The zero-order valence-electron chi connectivity index (χ0n) is 18.3. The van der Waals surface area contributed by atoms with E-state index in [4.69, 9.17) is 14.2 Å². The van der Waals surface area contributed by atoms with Crippen molar-refractivity contribution in [3.63, 3.8) is 0 Å². The van der Waals surface area contributed by atoms with Crippen LogP contribution >= 0.6 is 15.9 Å². The number of anilines is 1. The van der Waals surface area contributed by atoms with Crippen LogP contribution in [-0.2, 0) is 29.1 Å². The summed E-state index contributed by atoms with van der Waals surface area (Å²) in [6.07, 6.45) is -1.33. The number of benzene rings is 2. The average Bonchev–Trinajstić information content (AvgIpc) is 2.81. The van der Waals surface area contributed by atoms with Gasteiger partial charge < -0.3 is 19.3 Å². The topological polar surface area (TPSA) is 119 Å². The molecule has 0 aliphatic carbocycles. The summed E-state index contributed by atoms with van der Waals surface area (Å²) in [5.74, 6) is -1.77. The highest BCUT2D eigenvalue weighted by Gasteiger charge is 2.51. The summed E-state index contributed by atoms with van der Waals surface area (Å²) in [6.45, 7) is 0.674. The molecule has 1 aliphatic heterocycles. The number of ether oxygens (including phenoxy) is 3. The summed E-state index contributed by atoms with van der Waals surface area (Å²) >= 11 is 3.35. The number of aliphatic hydroxyl groups is 1. The maximum Gasteiger partial charge on any atom is 0.325 e. The van der Waals surface area contributed by atoms with Gasteiger partial charge in [-0.2, -0.15) is 0 Å². The highest BCUT2D eigenvalue weighted by atomic mass is 79.9. The molecule has 0 aromatic heterocycles. The first-order chi connectivity index (χ1) is 15.6. The number of nitrogens with zero attached hydrogens (tertiary/aromatic N) is 1. The van der Waals surface area contributed by atoms with Gasteiger partial charge in [0.15, 0.2) is 5.41 Å². The first kappa shape index (κ1) is 25.0. The van der Waals surface area contributed by atoms with E-state index >= 15 is 0 Å². The van der Waals surface area contributed by atoms with Gasteiger partial charge in [0.2, 0.25) is 0 Å². The van der Waals surface area contributed by atoms with E-state index in [0.717, 1.165) is 19.8 Å². The van der Waals surface area contributed by atoms with Crippen molar-refractivity contribution in [3.8, 4) is 5.75 Å². The Balaban J connectivity index is 2.08. The number of fused-ring (bicyclic) bond motifs is 1. The molecule has 0 spiro atoms. The SMILES string of the molecule is COC(=O)C(CO)(C[C@H]1CN(S(=O)(=O)c2cccc(C)c2)c2cc(Br)ccc2O1)C(=O)OC. The zero-order chi connectivity index (χ0) is 24.4. The maximum absolute atomic E-state index is 13.6. The van der Waals surface area contributed by atoms with Crippen LogP contribution in [0.25, 0.3) is 0 Å². The van der Waals surface area contributed by atoms with Gasteiger partial charge in [-0.25, -0.2) is 8.42 Å². The molecule has 1 atom stereocenters. The highest BCUT2D eigenvalue weighted by molar-refractivity contribution is 9.10. The van der Waals surface area contributed by atoms with E-state index < -0.39 is 40.1 Å². The third-order valence-electron chi connectivity index (χ3n) is 5.43. The second kappa shape index (κ2) is 9.70. The Morgan fingerprint density at radius 2 is 1.85 bits per heavy atom. The Morgan fingerprint density at radius 1 is 1.18 bits per heavy atom. The van der Waals surface area contributed by atoms with Crippen molar-refractivity contribution in [2.45, 2.75) is 24.3 Å². The smallest absolute Gasteiger partial charge is 0.325 e. The number of hydrogen-bond acceptors (Lipinski definition) is 8. The van der Waals surface area contributed by atoms with Gasteiger partial charge in [-0.1, -0.05) is 28.1 Å². The van der Waals surface area contributed by atoms with Crippen LogP contribution in [0.1, 0.15) is 12.0 Å². The van der Waals surface area contributed by atoms with Crippen LogP contribution in [0.2, 0.25) is 0 Å². The molecule has 0 saturated carbocycles. The molecule has 0 fully saturated rings. The molecule has 0 bridgehead atoms. The minimum atomic E-state index is -4.02. The molecule has 1 heterocycles. The minimum absolute atomic E-state index is 0.0865. The standard InChI is InChI=1S/C22H24BrNO8S/c1-14-5-4-6-17(9-14)33(28,29)24-12-16(32-19-8-7-15(23)10-18(19)24)11-22(13-25,20(26)30-2)21(27)31-3/h4-10,16,25H,11-13H2,1-3H3/t16-/m0/s1. The van der Waals surface area contributed by atoms with Gasteiger partial charge in [0, 0.05) is 10.9 Å². The lowest BCUT2D eigenvalue weighted by molar-refractivity contribution is -0.174. The van der Waals surface area contributed by atoms with Crippen LogP contribution < -0.4 is 9.04 Å². The third kappa shape index (κ3) is 4.71. The van der Waals surface area contributed by atoms with E-state index in [1.165, 1.54) is 10.4 Å². The quantitative estimate of drug-likeness (QED) is 0.419. The molecule has 0 amide bonds. The molecule has 2 aromatic carbocycles. The van der Waals surface area contributed by atoms with Gasteiger partial charge >= 0.3 is 11.9 Å². The number of aryl methyl sites for hydroxylation is 1. The van der Waals surface area contributed by atoms with Crippen molar-refractivity contribution >= 4 is 43.6 Å². The van der Waals surface area contributed by atoms with Gasteiger partial charge in [-0.3, -0.25) is 13.9 Å². The van der Waals surface area contributed by atoms with E-state index in [-0.39, 0.29) is 23.6 Å². The molecule has 1 aliphatic rings. The monoisotopic (exact) mass is 541 g/mol. The number of esters is 2. The second-order valence-corrected chi connectivity index (χ2v) is 10.4.